The van der Waals surface area contributed by atoms with E-state index in [9.17, 15) is 5.11 Å². The molecule has 1 N–H and O–H groups in total. The Balaban J connectivity index is 1.18. The van der Waals surface area contributed by atoms with Crippen molar-refractivity contribution in [1.82, 2.24) is 14.9 Å². The molecular formula is C38H39N3O4. The Morgan fingerprint density at radius 2 is 1.91 bits per heavy atom. The van der Waals surface area contributed by atoms with Gasteiger partial charge in [-0.3, -0.25) is 9.88 Å². The molecule has 7 nitrogen and oxygen atoms in total. The fraction of sp³-hybridized carbons (Fsp3) is 0.421. The van der Waals surface area contributed by atoms with Crippen molar-refractivity contribution in [2.24, 2.45) is 5.92 Å². The minimum Gasteiger partial charge on any atom is -0.504 e. The molecule has 7 heteroatoms. The largest absolute Gasteiger partial charge is 0.504 e. The molecule has 0 amide bonds. The average Bonchev–Trinajstić information content (AvgIpc) is 3.82. The van der Waals surface area contributed by atoms with E-state index in [1.54, 1.807) is 13.3 Å². The standard InChI is InChI=1S/C38H39N3O4/c1-43-32-20-26(13-15-39-32)29-18-28-21-38(44-17-5-8-24-6-3-2-4-7-24)31-19-27-11-12-30(42)35-33(27)37(38,36(45-35)34(28)40-22-29)14-16-41(31)23-25-9-10-25/h2-4,6-7,11-13,15,18,20,22,25,31,36,42H,5,8-10,14,16-17,19,21,23H2,1H3/t31-,36+,37+,38-/m1/s1. The molecule has 2 aromatic carbocycles. The van der Waals surface area contributed by atoms with Crippen molar-refractivity contribution in [3.05, 3.63) is 101 Å². The number of phenols is 1. The molecule has 2 bridgehead atoms. The fourth-order valence-corrected chi connectivity index (χ4v) is 9.12. The molecule has 5 aliphatic rings. The van der Waals surface area contributed by atoms with Gasteiger partial charge in [-0.2, -0.15) is 0 Å². The molecular weight excluding hydrogens is 562 g/mol. The maximum absolute atomic E-state index is 11.2. The van der Waals surface area contributed by atoms with E-state index in [2.05, 4.69) is 52.3 Å². The molecule has 45 heavy (non-hydrogen) atoms. The predicted octanol–water partition coefficient (Wildman–Crippen LogP) is 6.21. The first-order valence-electron chi connectivity index (χ1n) is 16.5. The Morgan fingerprint density at radius 1 is 1.02 bits per heavy atom. The third kappa shape index (κ3) is 4.09. The summed E-state index contributed by atoms with van der Waals surface area (Å²) in [6.45, 7) is 2.81. The normalized spacial score (nSPS) is 27.4. The van der Waals surface area contributed by atoms with Crippen LogP contribution < -0.4 is 9.47 Å². The summed E-state index contributed by atoms with van der Waals surface area (Å²) in [5.74, 6) is 2.22. The van der Waals surface area contributed by atoms with E-state index < -0.39 is 11.0 Å². The first kappa shape index (κ1) is 27.4. The van der Waals surface area contributed by atoms with Crippen LogP contribution in [0.3, 0.4) is 0 Å². The summed E-state index contributed by atoms with van der Waals surface area (Å²) in [6, 6.07) is 21.1. The van der Waals surface area contributed by atoms with E-state index in [1.807, 2.05) is 24.4 Å². The van der Waals surface area contributed by atoms with E-state index in [-0.39, 0.29) is 17.9 Å². The zero-order chi connectivity index (χ0) is 30.2. The number of fused-ring (bicyclic) bond motifs is 2. The molecule has 1 spiro atoms. The van der Waals surface area contributed by atoms with Gasteiger partial charge in [0.05, 0.1) is 18.2 Å². The lowest BCUT2D eigenvalue weighted by molar-refractivity contribution is -0.205. The van der Waals surface area contributed by atoms with Crippen LogP contribution in [0.5, 0.6) is 17.4 Å². The number of piperidine rings is 1. The Morgan fingerprint density at radius 3 is 2.76 bits per heavy atom. The molecule has 4 heterocycles. The molecule has 0 radical (unpaired) electrons. The average molecular weight is 602 g/mol. The molecule has 2 fully saturated rings. The molecule has 3 aliphatic carbocycles. The van der Waals surface area contributed by atoms with Crippen LogP contribution in [0.25, 0.3) is 11.1 Å². The van der Waals surface area contributed by atoms with Gasteiger partial charge in [-0.15, -0.1) is 0 Å². The quantitative estimate of drug-likeness (QED) is 0.229. The summed E-state index contributed by atoms with van der Waals surface area (Å²) in [7, 11) is 1.64. The number of pyridine rings is 2. The molecule has 4 aromatic rings. The van der Waals surface area contributed by atoms with Crippen molar-refractivity contribution in [3.63, 3.8) is 0 Å². The van der Waals surface area contributed by atoms with Gasteiger partial charge in [0.25, 0.3) is 0 Å². The second-order valence-electron chi connectivity index (χ2n) is 13.7. The number of hydrogen-bond donors (Lipinski definition) is 1. The molecule has 2 aliphatic heterocycles. The fourth-order valence-electron chi connectivity index (χ4n) is 9.12. The SMILES string of the molecule is COc1cc(-c2cnc3c(c2)C[C@@]2(OCCCc4ccccc4)[C@H]4Cc5ccc(O)c6c5[C@@]2(CCN4CC2CC2)[C@H]3O6)ccn1. The topological polar surface area (TPSA) is 76.9 Å². The first-order chi connectivity index (χ1) is 22.1. The van der Waals surface area contributed by atoms with Crippen LogP contribution in [0.2, 0.25) is 0 Å². The Hall–Kier alpha value is -3.94. The van der Waals surface area contributed by atoms with Gasteiger partial charge in [0.2, 0.25) is 5.88 Å². The molecule has 9 rings (SSSR count). The molecule has 1 saturated carbocycles. The second kappa shape index (κ2) is 10.3. The van der Waals surface area contributed by atoms with Crippen LogP contribution in [0, 0.1) is 5.92 Å². The highest BCUT2D eigenvalue weighted by Crippen LogP contribution is 2.69. The van der Waals surface area contributed by atoms with E-state index in [4.69, 9.17) is 19.2 Å². The lowest BCUT2D eigenvalue weighted by Crippen LogP contribution is -2.75. The third-order valence-electron chi connectivity index (χ3n) is 11.3. The summed E-state index contributed by atoms with van der Waals surface area (Å²) >= 11 is 0. The van der Waals surface area contributed by atoms with Crippen LogP contribution in [0.4, 0.5) is 0 Å². The lowest BCUT2D eigenvalue weighted by Gasteiger charge is -2.64. The summed E-state index contributed by atoms with van der Waals surface area (Å²) in [5.41, 5.74) is 7.08. The maximum Gasteiger partial charge on any atom is 0.213 e. The highest BCUT2D eigenvalue weighted by molar-refractivity contribution is 5.68. The van der Waals surface area contributed by atoms with Crippen molar-refractivity contribution in [2.75, 3.05) is 26.8 Å². The van der Waals surface area contributed by atoms with E-state index in [1.165, 1.54) is 35.1 Å². The molecule has 230 valence electrons. The lowest BCUT2D eigenvalue weighted by atomic mass is 9.48. The van der Waals surface area contributed by atoms with Crippen molar-refractivity contribution < 1.29 is 19.3 Å². The number of aryl methyl sites for hydroxylation is 1. The number of rotatable bonds is 9. The zero-order valence-electron chi connectivity index (χ0n) is 25.7. The number of hydrogen-bond acceptors (Lipinski definition) is 7. The molecule has 1 saturated heterocycles. The Kier molecular flexibility index (Phi) is 6.26. The van der Waals surface area contributed by atoms with Crippen molar-refractivity contribution in [1.29, 1.82) is 0 Å². The number of aromatic nitrogens is 2. The zero-order valence-corrected chi connectivity index (χ0v) is 25.7. The molecule has 2 aromatic heterocycles. The maximum atomic E-state index is 11.2. The van der Waals surface area contributed by atoms with Crippen molar-refractivity contribution >= 4 is 0 Å². The summed E-state index contributed by atoms with van der Waals surface area (Å²) in [6.07, 6.45) is 10.6. The number of methoxy groups -OCH3 is 1. The number of phenolic OH excluding ortho intramolecular Hbond substituents is 1. The summed E-state index contributed by atoms with van der Waals surface area (Å²) < 4.78 is 19.8. The van der Waals surface area contributed by atoms with Crippen LogP contribution >= 0.6 is 0 Å². The van der Waals surface area contributed by atoms with Gasteiger partial charge < -0.3 is 19.3 Å². The Labute approximate surface area is 264 Å². The number of nitrogens with zero attached hydrogens (tertiary/aromatic N) is 3. The number of aromatic hydroxyl groups is 1. The van der Waals surface area contributed by atoms with Crippen LogP contribution in [-0.2, 0) is 29.4 Å². The third-order valence-corrected chi connectivity index (χ3v) is 11.3. The first-order valence-corrected chi connectivity index (χ1v) is 16.5. The summed E-state index contributed by atoms with van der Waals surface area (Å²) in [5, 5.41) is 11.2. The second-order valence-corrected chi connectivity index (χ2v) is 13.7. The minimum absolute atomic E-state index is 0.218. The number of ether oxygens (including phenoxy) is 3. The minimum atomic E-state index is -0.503. The molecule has 0 unspecified atom stereocenters. The van der Waals surface area contributed by atoms with Crippen LogP contribution in [-0.4, -0.2) is 58.4 Å². The van der Waals surface area contributed by atoms with Crippen LogP contribution in [0.15, 0.2) is 73.1 Å². The highest BCUT2D eigenvalue weighted by Gasteiger charge is 2.73. The van der Waals surface area contributed by atoms with Gasteiger partial charge in [-0.25, -0.2) is 4.98 Å². The monoisotopic (exact) mass is 601 g/mol. The molecule has 4 atom stereocenters. The van der Waals surface area contributed by atoms with Gasteiger partial charge in [-0.1, -0.05) is 36.4 Å². The smallest absolute Gasteiger partial charge is 0.213 e. The van der Waals surface area contributed by atoms with E-state index in [0.29, 0.717) is 18.2 Å². The van der Waals surface area contributed by atoms with E-state index >= 15 is 0 Å². The van der Waals surface area contributed by atoms with Gasteiger partial charge >= 0.3 is 0 Å². The van der Waals surface area contributed by atoms with Gasteiger partial charge in [0.1, 0.15) is 5.60 Å². The van der Waals surface area contributed by atoms with Crippen LogP contribution in [0.1, 0.15) is 59.7 Å². The predicted molar refractivity (Wildman–Crippen MR) is 171 cm³/mol. The van der Waals surface area contributed by atoms with Crippen molar-refractivity contribution in [3.8, 4) is 28.5 Å². The number of likely N-dealkylation sites (tertiary alicyclic amines) is 1. The van der Waals surface area contributed by atoms with Gasteiger partial charge in [-0.05, 0) is 91.4 Å². The number of benzene rings is 2. The van der Waals surface area contributed by atoms with E-state index in [0.717, 1.165) is 67.9 Å². The Bertz CT molecular complexity index is 1770. The summed E-state index contributed by atoms with van der Waals surface area (Å²) in [4.78, 5) is 12.2. The van der Waals surface area contributed by atoms with Crippen molar-refractivity contribution in [2.45, 2.75) is 68.1 Å². The highest BCUT2D eigenvalue weighted by atomic mass is 16.5. The van der Waals surface area contributed by atoms with Gasteiger partial charge in [0, 0.05) is 55.2 Å². The van der Waals surface area contributed by atoms with Gasteiger partial charge in [0.15, 0.2) is 17.6 Å².